The van der Waals surface area contributed by atoms with Crippen LogP contribution in [-0.4, -0.2) is 16.6 Å². The Hall–Kier alpha value is -0.570. The van der Waals surface area contributed by atoms with Crippen LogP contribution < -0.4 is 5.73 Å². The van der Waals surface area contributed by atoms with Gasteiger partial charge in [0.1, 0.15) is 5.54 Å². The number of rotatable bonds is 2. The number of carboxylic acids is 1. The molecule has 54 valence electrons. The maximum Gasteiger partial charge on any atom is 0.323 e. The Morgan fingerprint density at radius 2 is 2.00 bits per heavy atom. The van der Waals surface area contributed by atoms with Gasteiger partial charge in [0.15, 0.2) is 0 Å². The van der Waals surface area contributed by atoms with Gasteiger partial charge in [0.05, 0.1) is 0 Å². The quantitative estimate of drug-likeness (QED) is 0.571. The molecule has 0 spiro atoms. The Morgan fingerprint density at radius 3 is 2.00 bits per heavy atom. The lowest BCUT2D eigenvalue weighted by Crippen LogP contribution is -2.49. The Morgan fingerprint density at radius 1 is 1.67 bits per heavy atom. The van der Waals surface area contributed by atoms with E-state index in [0.29, 0.717) is 0 Å². The normalized spacial score (nSPS) is 17.4. The number of carboxylic acid groups (broad SMARTS) is 1. The lowest BCUT2D eigenvalue weighted by atomic mass is 9.90. The predicted molar refractivity (Wildman–Crippen MR) is 35.1 cm³/mol. The van der Waals surface area contributed by atoms with Gasteiger partial charge in [-0.3, -0.25) is 4.79 Å². The fraction of sp³-hybridized carbons (Fsp3) is 0.833. The SMILES string of the molecule is CC(C)C(C)(N)C(=O)O. The van der Waals surface area contributed by atoms with Crippen LogP contribution in [0.1, 0.15) is 20.8 Å². The van der Waals surface area contributed by atoms with Gasteiger partial charge in [-0.1, -0.05) is 13.8 Å². The molecule has 0 amide bonds. The zero-order chi connectivity index (χ0) is 7.65. The Bertz CT molecular complexity index is 118. The molecule has 0 saturated heterocycles. The van der Waals surface area contributed by atoms with E-state index >= 15 is 0 Å². The number of nitrogens with two attached hydrogens (primary N) is 1. The number of hydrogen-bond acceptors (Lipinski definition) is 2. The molecule has 0 aromatic heterocycles. The van der Waals surface area contributed by atoms with E-state index in [0.717, 1.165) is 0 Å². The summed E-state index contributed by atoms with van der Waals surface area (Å²) < 4.78 is 0. The third-order valence-corrected chi connectivity index (χ3v) is 1.66. The van der Waals surface area contributed by atoms with Crippen LogP contribution in [0.5, 0.6) is 0 Å². The lowest BCUT2D eigenvalue weighted by Gasteiger charge is -2.22. The summed E-state index contributed by atoms with van der Waals surface area (Å²) >= 11 is 0. The molecule has 0 aliphatic heterocycles. The van der Waals surface area contributed by atoms with Gasteiger partial charge in [0.2, 0.25) is 0 Å². The van der Waals surface area contributed by atoms with Crippen molar-refractivity contribution >= 4 is 5.97 Å². The molecule has 0 bridgehead atoms. The minimum atomic E-state index is -1.08. The monoisotopic (exact) mass is 131 g/mol. The molecule has 0 saturated carbocycles. The summed E-state index contributed by atoms with van der Waals surface area (Å²) in [5.41, 5.74) is 4.32. The largest absolute Gasteiger partial charge is 0.480 e. The summed E-state index contributed by atoms with van der Waals surface area (Å²) in [6.07, 6.45) is 0. The molecule has 0 aromatic carbocycles. The minimum absolute atomic E-state index is 0.0324. The lowest BCUT2D eigenvalue weighted by molar-refractivity contribution is -0.144. The molecular formula is C6H13NO2. The summed E-state index contributed by atoms with van der Waals surface area (Å²) in [6, 6.07) is 0. The van der Waals surface area contributed by atoms with E-state index in [1.165, 1.54) is 6.92 Å². The summed E-state index contributed by atoms with van der Waals surface area (Å²) in [7, 11) is 0. The topological polar surface area (TPSA) is 63.3 Å². The first-order valence-corrected chi connectivity index (χ1v) is 2.91. The standard InChI is InChI=1S/C6H13NO2/c1-4(2)6(3,7)5(8)9/h4H,7H2,1-3H3,(H,8,9). The van der Waals surface area contributed by atoms with Crippen LogP contribution >= 0.6 is 0 Å². The summed E-state index contributed by atoms with van der Waals surface area (Å²) in [6.45, 7) is 5.09. The van der Waals surface area contributed by atoms with Crippen molar-refractivity contribution in [2.45, 2.75) is 26.3 Å². The Balaban J connectivity index is 4.19. The van der Waals surface area contributed by atoms with Crippen molar-refractivity contribution in [1.29, 1.82) is 0 Å². The van der Waals surface area contributed by atoms with Gasteiger partial charge in [0, 0.05) is 0 Å². The molecule has 0 radical (unpaired) electrons. The minimum Gasteiger partial charge on any atom is -0.480 e. The second-order valence-corrected chi connectivity index (χ2v) is 2.74. The second kappa shape index (κ2) is 2.35. The molecule has 3 N–H and O–H groups in total. The van der Waals surface area contributed by atoms with Crippen LogP contribution in [0.15, 0.2) is 0 Å². The highest BCUT2D eigenvalue weighted by Gasteiger charge is 2.31. The van der Waals surface area contributed by atoms with E-state index in [9.17, 15) is 4.79 Å². The average molecular weight is 131 g/mol. The third-order valence-electron chi connectivity index (χ3n) is 1.66. The van der Waals surface area contributed by atoms with Gasteiger partial charge in [-0.2, -0.15) is 0 Å². The number of hydrogen-bond donors (Lipinski definition) is 2. The predicted octanol–water partition coefficient (Wildman–Crippen LogP) is 0.444. The van der Waals surface area contributed by atoms with Gasteiger partial charge >= 0.3 is 5.97 Å². The van der Waals surface area contributed by atoms with E-state index in [1.807, 2.05) is 0 Å². The highest BCUT2D eigenvalue weighted by molar-refractivity contribution is 5.78. The van der Waals surface area contributed by atoms with Crippen molar-refractivity contribution in [2.24, 2.45) is 11.7 Å². The second-order valence-electron chi connectivity index (χ2n) is 2.74. The third kappa shape index (κ3) is 1.68. The molecule has 3 heteroatoms. The molecule has 0 aliphatic carbocycles. The van der Waals surface area contributed by atoms with E-state index in [4.69, 9.17) is 10.8 Å². The van der Waals surface area contributed by atoms with Crippen molar-refractivity contribution in [1.82, 2.24) is 0 Å². The molecule has 1 atom stereocenters. The molecule has 0 aromatic rings. The Labute approximate surface area is 54.9 Å². The first kappa shape index (κ1) is 8.43. The van der Waals surface area contributed by atoms with Gasteiger partial charge in [-0.05, 0) is 12.8 Å². The van der Waals surface area contributed by atoms with Crippen molar-refractivity contribution in [3.05, 3.63) is 0 Å². The summed E-state index contributed by atoms with van der Waals surface area (Å²) in [5, 5.41) is 8.49. The molecule has 0 heterocycles. The molecule has 3 nitrogen and oxygen atoms in total. The first-order valence-electron chi connectivity index (χ1n) is 2.91. The van der Waals surface area contributed by atoms with Crippen molar-refractivity contribution in [2.75, 3.05) is 0 Å². The van der Waals surface area contributed by atoms with Crippen LogP contribution in [0, 0.1) is 5.92 Å². The van der Waals surface area contributed by atoms with E-state index in [1.54, 1.807) is 13.8 Å². The zero-order valence-electron chi connectivity index (χ0n) is 6.01. The van der Waals surface area contributed by atoms with Crippen LogP contribution in [0.3, 0.4) is 0 Å². The van der Waals surface area contributed by atoms with Gasteiger partial charge in [-0.15, -0.1) is 0 Å². The average Bonchev–Trinajstić information content (AvgIpc) is 1.65. The van der Waals surface area contributed by atoms with Crippen LogP contribution in [-0.2, 0) is 4.79 Å². The Kier molecular flexibility index (Phi) is 2.20. The highest BCUT2D eigenvalue weighted by atomic mass is 16.4. The van der Waals surface area contributed by atoms with Gasteiger partial charge in [-0.25, -0.2) is 0 Å². The first-order chi connectivity index (χ1) is 3.89. The molecule has 0 aliphatic rings. The van der Waals surface area contributed by atoms with E-state index in [-0.39, 0.29) is 5.92 Å². The maximum absolute atomic E-state index is 10.3. The summed E-state index contributed by atoms with van der Waals surface area (Å²) in [4.78, 5) is 10.3. The zero-order valence-corrected chi connectivity index (χ0v) is 6.01. The van der Waals surface area contributed by atoms with Gasteiger partial charge in [0.25, 0.3) is 0 Å². The molecule has 9 heavy (non-hydrogen) atoms. The molecule has 0 rings (SSSR count). The highest BCUT2D eigenvalue weighted by Crippen LogP contribution is 2.11. The molecule has 1 unspecified atom stereocenters. The number of aliphatic carboxylic acids is 1. The molecule has 0 fully saturated rings. The number of carbonyl (C=O) groups is 1. The fourth-order valence-electron chi connectivity index (χ4n) is 0.247. The molecular weight excluding hydrogens is 118 g/mol. The van der Waals surface area contributed by atoms with E-state index < -0.39 is 11.5 Å². The van der Waals surface area contributed by atoms with Crippen LogP contribution in [0.4, 0.5) is 0 Å². The van der Waals surface area contributed by atoms with E-state index in [2.05, 4.69) is 0 Å². The van der Waals surface area contributed by atoms with Crippen molar-refractivity contribution in [3.8, 4) is 0 Å². The van der Waals surface area contributed by atoms with Crippen LogP contribution in [0.2, 0.25) is 0 Å². The van der Waals surface area contributed by atoms with Crippen LogP contribution in [0.25, 0.3) is 0 Å². The maximum atomic E-state index is 10.3. The summed E-state index contributed by atoms with van der Waals surface area (Å²) in [5.74, 6) is -0.979. The smallest absolute Gasteiger partial charge is 0.323 e. The van der Waals surface area contributed by atoms with Crippen molar-refractivity contribution in [3.63, 3.8) is 0 Å². The van der Waals surface area contributed by atoms with Gasteiger partial charge < -0.3 is 10.8 Å². The fourth-order valence-corrected chi connectivity index (χ4v) is 0.247. The van der Waals surface area contributed by atoms with Crippen molar-refractivity contribution < 1.29 is 9.90 Å².